The van der Waals surface area contributed by atoms with Crippen LogP contribution in [0.25, 0.3) is 0 Å². The molecule has 2 N–H and O–H groups in total. The third-order valence-corrected chi connectivity index (χ3v) is 3.02. The van der Waals surface area contributed by atoms with Crippen LogP contribution in [-0.2, 0) is 10.0 Å². The van der Waals surface area contributed by atoms with Crippen LogP contribution in [0.5, 0.6) is 0 Å². The number of hydrogen-bond acceptors (Lipinski definition) is 4. The Hall–Kier alpha value is -1.11. The molecule has 0 amide bonds. The molecule has 0 saturated heterocycles. The fraction of sp³-hybridized carbons (Fsp3) is 0.143. The maximum atomic E-state index is 12.5. The lowest BCUT2D eigenvalue weighted by molar-refractivity contribution is 0.149. The van der Waals surface area contributed by atoms with Gasteiger partial charge in [-0.05, 0) is 22.0 Å². The number of nitriles is 1. The summed E-state index contributed by atoms with van der Waals surface area (Å²) in [5, 5.41) is 12.7. The Morgan fingerprint density at radius 2 is 2.12 bits per heavy atom. The first-order valence-corrected chi connectivity index (χ1v) is 6.02. The number of rotatable bonds is 2. The van der Waals surface area contributed by atoms with Gasteiger partial charge in [-0.1, -0.05) is 0 Å². The van der Waals surface area contributed by atoms with Gasteiger partial charge < -0.3 is 0 Å². The monoisotopic (exact) mass is 311 g/mol. The molecular formula is C7H4BrF2N3O2S. The van der Waals surface area contributed by atoms with Gasteiger partial charge in [0.05, 0.1) is 17.2 Å². The van der Waals surface area contributed by atoms with E-state index in [4.69, 9.17) is 10.4 Å². The van der Waals surface area contributed by atoms with Gasteiger partial charge in [0.2, 0.25) is 0 Å². The maximum absolute atomic E-state index is 12.5. The molecular weight excluding hydrogens is 308 g/mol. The van der Waals surface area contributed by atoms with Gasteiger partial charge in [-0.25, -0.2) is 27.3 Å². The zero-order valence-corrected chi connectivity index (χ0v) is 9.89. The normalized spacial score (nSPS) is 11.5. The van der Waals surface area contributed by atoms with Gasteiger partial charge in [0, 0.05) is 0 Å². The van der Waals surface area contributed by atoms with Crippen molar-refractivity contribution in [3.8, 4) is 6.07 Å². The summed E-state index contributed by atoms with van der Waals surface area (Å²) >= 11 is 2.67. The van der Waals surface area contributed by atoms with Crippen LogP contribution in [0, 0.1) is 11.3 Å². The van der Waals surface area contributed by atoms with Gasteiger partial charge in [-0.2, -0.15) is 5.26 Å². The molecule has 0 saturated carbocycles. The zero-order valence-electron chi connectivity index (χ0n) is 7.49. The van der Waals surface area contributed by atoms with E-state index in [1.165, 1.54) is 6.07 Å². The minimum atomic E-state index is -4.14. The highest BCUT2D eigenvalue weighted by Gasteiger charge is 2.22. The number of primary sulfonamides is 1. The number of alkyl halides is 2. The van der Waals surface area contributed by atoms with Gasteiger partial charge in [0.1, 0.15) is 4.60 Å². The third kappa shape index (κ3) is 2.52. The maximum Gasteiger partial charge on any atom is 0.267 e. The SMILES string of the molecule is N#Cc1cc(S(N)(=O)=O)nc(Br)c1C(F)F. The average Bonchev–Trinajstić information content (AvgIpc) is 2.14. The fourth-order valence-corrected chi connectivity index (χ4v) is 2.14. The molecule has 0 aliphatic carbocycles. The molecule has 0 fully saturated rings. The molecule has 0 spiro atoms. The molecule has 0 atom stereocenters. The highest BCUT2D eigenvalue weighted by molar-refractivity contribution is 9.10. The predicted octanol–water partition coefficient (Wildman–Crippen LogP) is 1.30. The van der Waals surface area contributed by atoms with Crippen LogP contribution in [0.4, 0.5) is 8.78 Å². The standard InChI is InChI=1S/C7H4BrF2N3O2S/c8-6-5(7(9)10)3(2-11)1-4(13-6)16(12,14)15/h1,7H,(H2,12,14,15). The van der Waals surface area contributed by atoms with Gasteiger partial charge in [-0.3, -0.25) is 0 Å². The second-order valence-corrected chi connectivity index (χ2v) is 4.93. The van der Waals surface area contributed by atoms with Crippen molar-refractivity contribution in [2.24, 2.45) is 5.14 Å². The summed E-state index contributed by atoms with van der Waals surface area (Å²) in [6, 6.07) is 2.17. The van der Waals surface area contributed by atoms with Crippen LogP contribution in [-0.4, -0.2) is 13.4 Å². The first kappa shape index (κ1) is 13.0. The molecule has 9 heteroatoms. The smallest absolute Gasteiger partial charge is 0.227 e. The largest absolute Gasteiger partial charge is 0.267 e. The van der Waals surface area contributed by atoms with Crippen molar-refractivity contribution in [3.63, 3.8) is 0 Å². The van der Waals surface area contributed by atoms with E-state index in [9.17, 15) is 17.2 Å². The Morgan fingerprint density at radius 1 is 1.56 bits per heavy atom. The molecule has 0 aliphatic rings. The van der Waals surface area contributed by atoms with Crippen LogP contribution < -0.4 is 5.14 Å². The number of pyridine rings is 1. The second kappa shape index (κ2) is 4.40. The van der Waals surface area contributed by atoms with E-state index < -0.39 is 37.2 Å². The molecule has 1 rings (SSSR count). The lowest BCUT2D eigenvalue weighted by Gasteiger charge is -2.06. The van der Waals surface area contributed by atoms with Crippen molar-refractivity contribution in [3.05, 3.63) is 21.8 Å². The average molecular weight is 312 g/mol. The Morgan fingerprint density at radius 3 is 2.50 bits per heavy atom. The van der Waals surface area contributed by atoms with Crippen molar-refractivity contribution in [2.75, 3.05) is 0 Å². The van der Waals surface area contributed by atoms with Crippen LogP contribution in [0.15, 0.2) is 15.7 Å². The summed E-state index contributed by atoms with van der Waals surface area (Å²) in [6.07, 6.45) is -2.94. The van der Waals surface area contributed by atoms with Crippen LogP contribution in [0.3, 0.4) is 0 Å². The molecule has 1 aromatic rings. The summed E-state index contributed by atoms with van der Waals surface area (Å²) < 4.78 is 46.5. The van der Waals surface area contributed by atoms with E-state index in [1.807, 2.05) is 0 Å². The van der Waals surface area contributed by atoms with Gasteiger partial charge in [-0.15, -0.1) is 0 Å². The van der Waals surface area contributed by atoms with Crippen molar-refractivity contribution in [1.29, 1.82) is 5.26 Å². The van der Waals surface area contributed by atoms with E-state index in [1.54, 1.807) is 0 Å². The van der Waals surface area contributed by atoms with E-state index in [-0.39, 0.29) is 0 Å². The van der Waals surface area contributed by atoms with Crippen molar-refractivity contribution < 1.29 is 17.2 Å². The molecule has 0 aromatic carbocycles. The van der Waals surface area contributed by atoms with Gasteiger partial charge >= 0.3 is 0 Å². The molecule has 0 radical (unpaired) electrons. The molecule has 86 valence electrons. The van der Waals surface area contributed by atoms with Gasteiger partial charge in [0.15, 0.2) is 5.03 Å². The molecule has 16 heavy (non-hydrogen) atoms. The molecule has 0 unspecified atom stereocenters. The Labute approximate surface area is 98.1 Å². The summed E-state index contributed by atoms with van der Waals surface area (Å²) in [6.45, 7) is 0. The predicted molar refractivity (Wildman–Crippen MR) is 53.0 cm³/mol. The summed E-state index contributed by atoms with van der Waals surface area (Å²) in [4.78, 5) is 3.35. The summed E-state index contributed by atoms with van der Waals surface area (Å²) in [5.74, 6) is 0. The molecule has 1 heterocycles. The Balaban J connectivity index is 3.59. The van der Waals surface area contributed by atoms with E-state index >= 15 is 0 Å². The van der Waals surface area contributed by atoms with Gasteiger partial charge in [0.25, 0.3) is 16.4 Å². The number of nitrogens with zero attached hydrogens (tertiary/aromatic N) is 2. The number of halogens is 3. The first-order chi connectivity index (χ1) is 7.27. The molecule has 0 aliphatic heterocycles. The minimum absolute atomic E-state index is 0.412. The summed E-state index contributed by atoms with van der Waals surface area (Å²) in [5.41, 5.74) is -1.14. The lowest BCUT2D eigenvalue weighted by Crippen LogP contribution is -2.15. The molecule has 0 bridgehead atoms. The van der Waals surface area contributed by atoms with Crippen LogP contribution >= 0.6 is 15.9 Å². The van der Waals surface area contributed by atoms with E-state index in [0.717, 1.165) is 0 Å². The van der Waals surface area contributed by atoms with E-state index in [0.29, 0.717) is 6.07 Å². The number of sulfonamides is 1. The van der Waals surface area contributed by atoms with Crippen molar-refractivity contribution in [2.45, 2.75) is 11.5 Å². The third-order valence-electron chi connectivity index (χ3n) is 1.62. The van der Waals surface area contributed by atoms with Crippen LogP contribution in [0.1, 0.15) is 17.6 Å². The van der Waals surface area contributed by atoms with Crippen LogP contribution in [0.2, 0.25) is 0 Å². The number of aromatic nitrogens is 1. The molecule has 5 nitrogen and oxygen atoms in total. The lowest BCUT2D eigenvalue weighted by atomic mass is 10.2. The Bertz CT molecular complexity index is 568. The highest BCUT2D eigenvalue weighted by Crippen LogP contribution is 2.30. The minimum Gasteiger partial charge on any atom is -0.227 e. The fourth-order valence-electron chi connectivity index (χ4n) is 0.947. The number of nitrogens with two attached hydrogens (primary N) is 1. The van der Waals surface area contributed by atoms with E-state index in [2.05, 4.69) is 20.9 Å². The topological polar surface area (TPSA) is 96.8 Å². The Kier molecular flexibility index (Phi) is 3.57. The summed E-state index contributed by atoms with van der Waals surface area (Å²) in [7, 11) is -4.14. The second-order valence-electron chi connectivity index (χ2n) is 2.67. The molecule has 1 aromatic heterocycles. The highest BCUT2D eigenvalue weighted by atomic mass is 79.9. The quantitative estimate of drug-likeness (QED) is 0.832. The van der Waals surface area contributed by atoms with Crippen molar-refractivity contribution in [1.82, 2.24) is 4.98 Å². The number of hydrogen-bond donors (Lipinski definition) is 1. The van der Waals surface area contributed by atoms with Crippen molar-refractivity contribution >= 4 is 26.0 Å². The zero-order chi connectivity index (χ0) is 12.5. The first-order valence-electron chi connectivity index (χ1n) is 3.69.